The summed E-state index contributed by atoms with van der Waals surface area (Å²) in [6.45, 7) is 9.13. The Kier molecular flexibility index (Phi) is 8.57. The van der Waals surface area contributed by atoms with E-state index >= 15 is 0 Å². The van der Waals surface area contributed by atoms with Gasteiger partial charge in [-0.15, -0.1) is 0 Å². The molecule has 5 atom stereocenters. The molecular weight excluding hydrogens is 486 g/mol. The molecule has 0 spiro atoms. The third-order valence-electron chi connectivity index (χ3n) is 8.28. The predicted octanol–water partition coefficient (Wildman–Crippen LogP) is 3.77. The average molecular weight is 529 g/mol. The standard InChI is InChI=1S/C30H42F2N4O2/c1-19(37)35-26(13-20-11-24(31)15-25(32)12-20)28(38)18-33-30(10-9-27-21(16-30)17-34-36(27)5)23-8-6-7-22(14-23)29(2,3)4/h6-8,11-12,14-15,21,26-28,33-34,38H,9-10,13,16-18H2,1-5H3,(H,35,37). The van der Waals surface area contributed by atoms with E-state index < -0.39 is 23.8 Å². The van der Waals surface area contributed by atoms with E-state index in [0.29, 0.717) is 17.5 Å². The van der Waals surface area contributed by atoms with Gasteiger partial charge >= 0.3 is 0 Å². The fourth-order valence-corrected chi connectivity index (χ4v) is 6.19. The molecule has 208 valence electrons. The molecule has 2 aliphatic rings. The molecule has 1 aliphatic carbocycles. The Morgan fingerprint density at radius 1 is 1.21 bits per heavy atom. The molecule has 38 heavy (non-hydrogen) atoms. The molecule has 4 rings (SSSR count). The van der Waals surface area contributed by atoms with Crippen LogP contribution in [-0.4, -0.2) is 54.3 Å². The first-order valence-electron chi connectivity index (χ1n) is 13.6. The number of hydrazine groups is 1. The van der Waals surface area contributed by atoms with Crippen LogP contribution in [0.5, 0.6) is 0 Å². The number of hydrogen-bond acceptors (Lipinski definition) is 5. The molecule has 4 N–H and O–H groups in total. The van der Waals surface area contributed by atoms with Gasteiger partial charge in [0.15, 0.2) is 0 Å². The maximum Gasteiger partial charge on any atom is 0.217 e. The fraction of sp³-hybridized carbons (Fsp3) is 0.567. The van der Waals surface area contributed by atoms with Crippen molar-refractivity contribution in [3.63, 3.8) is 0 Å². The highest BCUT2D eigenvalue weighted by molar-refractivity contribution is 5.73. The lowest BCUT2D eigenvalue weighted by atomic mass is 9.69. The Morgan fingerprint density at radius 2 is 1.92 bits per heavy atom. The number of halogens is 2. The van der Waals surface area contributed by atoms with E-state index in [9.17, 15) is 18.7 Å². The third kappa shape index (κ3) is 6.60. The summed E-state index contributed by atoms with van der Waals surface area (Å²) in [5, 5.41) is 20.0. The zero-order valence-electron chi connectivity index (χ0n) is 23.2. The Hall–Kier alpha value is -2.39. The number of benzene rings is 2. The highest BCUT2D eigenvalue weighted by Crippen LogP contribution is 2.43. The van der Waals surface area contributed by atoms with Gasteiger partial charge in [-0.3, -0.25) is 10.2 Å². The quantitative estimate of drug-likeness (QED) is 0.420. The molecule has 2 aromatic carbocycles. The van der Waals surface area contributed by atoms with Gasteiger partial charge in [0.1, 0.15) is 11.6 Å². The molecule has 1 saturated heterocycles. The van der Waals surface area contributed by atoms with Gasteiger partial charge in [0.2, 0.25) is 5.91 Å². The van der Waals surface area contributed by atoms with E-state index in [0.717, 1.165) is 31.9 Å². The third-order valence-corrected chi connectivity index (χ3v) is 8.28. The molecule has 1 saturated carbocycles. The zero-order chi connectivity index (χ0) is 27.7. The average Bonchev–Trinajstić information content (AvgIpc) is 3.20. The molecule has 2 aromatic rings. The summed E-state index contributed by atoms with van der Waals surface area (Å²) < 4.78 is 27.6. The van der Waals surface area contributed by atoms with E-state index in [1.165, 1.54) is 30.2 Å². The van der Waals surface area contributed by atoms with Crippen molar-refractivity contribution in [3.8, 4) is 0 Å². The summed E-state index contributed by atoms with van der Waals surface area (Å²) in [4.78, 5) is 12.0. The number of fused-ring (bicyclic) bond motifs is 1. The Balaban J connectivity index is 1.59. The number of nitrogens with zero attached hydrogens (tertiary/aromatic N) is 1. The largest absolute Gasteiger partial charge is 0.390 e. The lowest BCUT2D eigenvalue weighted by Crippen LogP contribution is -2.55. The van der Waals surface area contributed by atoms with Crippen LogP contribution in [0.25, 0.3) is 0 Å². The zero-order valence-corrected chi connectivity index (χ0v) is 23.2. The van der Waals surface area contributed by atoms with Crippen molar-refractivity contribution >= 4 is 5.91 Å². The van der Waals surface area contributed by atoms with Gasteiger partial charge < -0.3 is 15.7 Å². The Labute approximate surface area is 225 Å². The van der Waals surface area contributed by atoms with Gasteiger partial charge in [0, 0.05) is 44.7 Å². The van der Waals surface area contributed by atoms with Crippen LogP contribution in [0.4, 0.5) is 8.78 Å². The number of aliphatic hydroxyl groups excluding tert-OH is 1. The van der Waals surface area contributed by atoms with E-state index in [1.54, 1.807) is 0 Å². The SMILES string of the molecule is CC(=O)NC(Cc1cc(F)cc(F)c1)C(O)CNC1(c2cccc(C(C)(C)C)c2)CCC2C(CNN2C)C1. The second-order valence-electron chi connectivity index (χ2n) is 12.2. The summed E-state index contributed by atoms with van der Waals surface area (Å²) in [5.41, 5.74) is 5.97. The topological polar surface area (TPSA) is 76.6 Å². The van der Waals surface area contributed by atoms with Crippen LogP contribution in [0.1, 0.15) is 63.6 Å². The monoisotopic (exact) mass is 528 g/mol. The minimum atomic E-state index is -0.963. The van der Waals surface area contributed by atoms with Gasteiger partial charge in [0.25, 0.3) is 0 Å². The van der Waals surface area contributed by atoms with Crippen molar-refractivity contribution in [1.82, 2.24) is 21.1 Å². The number of nitrogens with one attached hydrogen (secondary N) is 3. The van der Waals surface area contributed by atoms with E-state index in [1.807, 2.05) is 0 Å². The van der Waals surface area contributed by atoms with Crippen molar-refractivity contribution in [1.29, 1.82) is 0 Å². The lowest BCUT2D eigenvalue weighted by Gasteiger charge is -2.45. The smallest absolute Gasteiger partial charge is 0.217 e. The van der Waals surface area contributed by atoms with E-state index in [-0.39, 0.29) is 29.8 Å². The van der Waals surface area contributed by atoms with Crippen LogP contribution < -0.4 is 16.1 Å². The first-order valence-corrected chi connectivity index (χ1v) is 13.6. The van der Waals surface area contributed by atoms with Crippen LogP contribution in [0.3, 0.4) is 0 Å². The number of rotatable bonds is 8. The van der Waals surface area contributed by atoms with Crippen molar-refractivity contribution in [3.05, 3.63) is 70.8 Å². The van der Waals surface area contributed by atoms with Crippen LogP contribution in [0, 0.1) is 17.6 Å². The van der Waals surface area contributed by atoms with Gasteiger partial charge in [0.05, 0.1) is 12.1 Å². The van der Waals surface area contributed by atoms with Gasteiger partial charge in [-0.05, 0) is 65.8 Å². The lowest BCUT2D eigenvalue weighted by molar-refractivity contribution is -0.120. The van der Waals surface area contributed by atoms with Crippen LogP contribution in [0.15, 0.2) is 42.5 Å². The minimum absolute atomic E-state index is 0.000216. The highest BCUT2D eigenvalue weighted by atomic mass is 19.1. The first kappa shape index (κ1) is 28.6. The van der Waals surface area contributed by atoms with E-state index in [4.69, 9.17) is 0 Å². The highest BCUT2D eigenvalue weighted by Gasteiger charge is 2.46. The summed E-state index contributed by atoms with van der Waals surface area (Å²) in [7, 11) is 2.10. The molecule has 2 fully saturated rings. The summed E-state index contributed by atoms with van der Waals surface area (Å²) >= 11 is 0. The van der Waals surface area contributed by atoms with Gasteiger partial charge in [-0.2, -0.15) is 0 Å². The predicted molar refractivity (Wildman–Crippen MR) is 145 cm³/mol. The second kappa shape index (κ2) is 11.4. The molecule has 5 unspecified atom stereocenters. The number of carbonyl (C=O) groups excluding carboxylic acids is 1. The van der Waals surface area contributed by atoms with Crippen LogP contribution >= 0.6 is 0 Å². The maximum atomic E-state index is 13.8. The molecule has 8 heteroatoms. The maximum absolute atomic E-state index is 13.8. The van der Waals surface area contributed by atoms with Crippen molar-refractivity contribution in [2.75, 3.05) is 20.1 Å². The van der Waals surface area contributed by atoms with E-state index in [2.05, 4.69) is 73.2 Å². The molecule has 1 heterocycles. The minimum Gasteiger partial charge on any atom is -0.390 e. The molecule has 0 bridgehead atoms. The molecule has 0 aromatic heterocycles. The fourth-order valence-electron chi connectivity index (χ4n) is 6.19. The second-order valence-corrected chi connectivity index (χ2v) is 12.2. The normalized spacial score (nSPS) is 25.6. The van der Waals surface area contributed by atoms with Gasteiger partial charge in [-0.1, -0.05) is 45.0 Å². The number of amides is 1. The van der Waals surface area contributed by atoms with Crippen molar-refractivity contribution in [2.24, 2.45) is 5.92 Å². The Morgan fingerprint density at radius 3 is 2.58 bits per heavy atom. The molecule has 1 aliphatic heterocycles. The van der Waals surface area contributed by atoms with Crippen molar-refractivity contribution < 1.29 is 18.7 Å². The summed E-state index contributed by atoms with van der Waals surface area (Å²) in [6.07, 6.45) is 1.97. The number of carbonyl (C=O) groups is 1. The first-order chi connectivity index (χ1) is 17.9. The number of hydrogen-bond donors (Lipinski definition) is 4. The van der Waals surface area contributed by atoms with Crippen molar-refractivity contribution in [2.45, 2.75) is 82.5 Å². The molecular formula is C30H42F2N4O2. The number of aliphatic hydroxyl groups is 1. The molecule has 1 amide bonds. The molecule has 6 nitrogen and oxygen atoms in total. The van der Waals surface area contributed by atoms with Crippen LogP contribution in [0.2, 0.25) is 0 Å². The Bertz CT molecular complexity index is 1120. The molecule has 0 radical (unpaired) electrons. The summed E-state index contributed by atoms with van der Waals surface area (Å²) in [5.74, 6) is -1.21. The van der Waals surface area contributed by atoms with Crippen LogP contribution in [-0.2, 0) is 22.2 Å². The summed E-state index contributed by atoms with van der Waals surface area (Å²) in [6, 6.07) is 11.8. The van der Waals surface area contributed by atoms with Gasteiger partial charge in [-0.25, -0.2) is 13.8 Å².